The molecule has 0 saturated heterocycles. The van der Waals surface area contributed by atoms with E-state index in [9.17, 15) is 0 Å². The number of nitrogens with two attached hydrogens (primary N) is 1. The number of anilines is 2. The quantitative estimate of drug-likeness (QED) is 0.769. The fourth-order valence-corrected chi connectivity index (χ4v) is 1.49. The maximum atomic E-state index is 9.05. The van der Waals surface area contributed by atoms with Gasteiger partial charge in [-0.15, -0.1) is 0 Å². The van der Waals surface area contributed by atoms with Crippen molar-refractivity contribution in [3.05, 3.63) is 16.7 Å². The monoisotopic (exact) mass is 259 g/mol. The molecule has 5 heteroatoms. The van der Waals surface area contributed by atoms with E-state index in [0.717, 1.165) is 10.3 Å². The third-order valence-corrected chi connectivity index (χ3v) is 2.32. The Balaban J connectivity index is 2.51. The van der Waals surface area contributed by atoms with Crippen molar-refractivity contribution in [1.82, 2.24) is 4.98 Å². The second-order valence-electron chi connectivity index (χ2n) is 3.16. The first-order valence-electron chi connectivity index (χ1n) is 4.42. The SMILES string of the molecule is CC(O)CCNc1ncc(N)cc1Br. The molecular formula is C9H14BrN3O. The molecular weight excluding hydrogens is 246 g/mol. The van der Waals surface area contributed by atoms with Gasteiger partial charge in [0.15, 0.2) is 0 Å². The summed E-state index contributed by atoms with van der Waals surface area (Å²) in [6.45, 7) is 2.44. The van der Waals surface area contributed by atoms with Crippen LogP contribution in [-0.2, 0) is 0 Å². The lowest BCUT2D eigenvalue weighted by Crippen LogP contribution is -2.10. The van der Waals surface area contributed by atoms with Gasteiger partial charge in [-0.25, -0.2) is 4.98 Å². The summed E-state index contributed by atoms with van der Waals surface area (Å²) in [7, 11) is 0. The van der Waals surface area contributed by atoms with Crippen molar-refractivity contribution in [2.24, 2.45) is 0 Å². The van der Waals surface area contributed by atoms with Crippen molar-refractivity contribution in [2.75, 3.05) is 17.6 Å². The van der Waals surface area contributed by atoms with Crippen LogP contribution < -0.4 is 11.1 Å². The molecule has 0 saturated carbocycles. The Hall–Kier alpha value is -0.810. The number of nitrogens with one attached hydrogen (secondary N) is 1. The predicted molar refractivity (Wildman–Crippen MR) is 61.1 cm³/mol. The van der Waals surface area contributed by atoms with E-state index < -0.39 is 0 Å². The summed E-state index contributed by atoms with van der Waals surface area (Å²) in [6.07, 6.45) is 1.99. The highest BCUT2D eigenvalue weighted by atomic mass is 79.9. The predicted octanol–water partition coefficient (Wildman–Crippen LogP) is 1.61. The number of hydrogen-bond donors (Lipinski definition) is 3. The smallest absolute Gasteiger partial charge is 0.140 e. The van der Waals surface area contributed by atoms with Gasteiger partial charge in [0.25, 0.3) is 0 Å². The van der Waals surface area contributed by atoms with Crippen molar-refractivity contribution in [2.45, 2.75) is 19.4 Å². The lowest BCUT2D eigenvalue weighted by molar-refractivity contribution is 0.188. The van der Waals surface area contributed by atoms with Crippen LogP contribution in [0.3, 0.4) is 0 Å². The van der Waals surface area contributed by atoms with Crippen molar-refractivity contribution < 1.29 is 5.11 Å². The molecule has 1 atom stereocenters. The first-order chi connectivity index (χ1) is 6.59. The van der Waals surface area contributed by atoms with Crippen molar-refractivity contribution in [3.8, 4) is 0 Å². The molecule has 0 aliphatic heterocycles. The molecule has 0 radical (unpaired) electrons. The average molecular weight is 260 g/mol. The minimum Gasteiger partial charge on any atom is -0.397 e. The summed E-state index contributed by atoms with van der Waals surface area (Å²) >= 11 is 3.35. The van der Waals surface area contributed by atoms with Gasteiger partial charge in [-0.2, -0.15) is 0 Å². The fourth-order valence-electron chi connectivity index (χ4n) is 0.982. The Labute approximate surface area is 91.7 Å². The third kappa shape index (κ3) is 3.51. The maximum Gasteiger partial charge on any atom is 0.140 e. The number of nitrogens with zero attached hydrogens (tertiary/aromatic N) is 1. The van der Waals surface area contributed by atoms with E-state index in [4.69, 9.17) is 10.8 Å². The highest BCUT2D eigenvalue weighted by molar-refractivity contribution is 9.10. The summed E-state index contributed by atoms with van der Waals surface area (Å²) < 4.78 is 0.836. The number of pyridine rings is 1. The van der Waals surface area contributed by atoms with Crippen LogP contribution in [0, 0.1) is 0 Å². The number of aromatic nitrogens is 1. The molecule has 0 fully saturated rings. The van der Waals surface area contributed by atoms with Gasteiger partial charge >= 0.3 is 0 Å². The van der Waals surface area contributed by atoms with Gasteiger partial charge in [0.1, 0.15) is 5.82 Å². The van der Waals surface area contributed by atoms with Crippen molar-refractivity contribution in [1.29, 1.82) is 0 Å². The summed E-state index contributed by atoms with van der Waals surface area (Å²) in [4.78, 5) is 4.11. The van der Waals surface area contributed by atoms with Crippen LogP contribution >= 0.6 is 15.9 Å². The van der Waals surface area contributed by atoms with Crippen LogP contribution in [0.25, 0.3) is 0 Å². The van der Waals surface area contributed by atoms with E-state index in [1.807, 2.05) is 0 Å². The summed E-state index contributed by atoms with van der Waals surface area (Å²) in [5.74, 6) is 0.750. The van der Waals surface area contributed by atoms with Crippen LogP contribution in [0.4, 0.5) is 11.5 Å². The Morgan fingerprint density at radius 1 is 1.71 bits per heavy atom. The van der Waals surface area contributed by atoms with E-state index >= 15 is 0 Å². The van der Waals surface area contributed by atoms with E-state index in [1.165, 1.54) is 0 Å². The summed E-state index contributed by atoms with van der Waals surface area (Å²) in [6, 6.07) is 1.79. The van der Waals surface area contributed by atoms with E-state index in [1.54, 1.807) is 19.2 Å². The molecule has 4 N–H and O–H groups in total. The molecule has 14 heavy (non-hydrogen) atoms. The van der Waals surface area contributed by atoms with E-state index in [2.05, 4.69) is 26.2 Å². The summed E-state index contributed by atoms with van der Waals surface area (Å²) in [5, 5.41) is 12.1. The number of aliphatic hydroxyl groups is 1. The zero-order chi connectivity index (χ0) is 10.6. The molecule has 0 bridgehead atoms. The van der Waals surface area contributed by atoms with Gasteiger partial charge in [0.2, 0.25) is 0 Å². The number of nitrogen functional groups attached to an aromatic ring is 1. The van der Waals surface area contributed by atoms with Gasteiger partial charge in [0, 0.05) is 6.54 Å². The Kier molecular flexibility index (Phi) is 4.16. The van der Waals surface area contributed by atoms with E-state index in [0.29, 0.717) is 18.7 Å². The standard InChI is InChI=1S/C9H14BrN3O/c1-6(14)2-3-12-9-8(10)4-7(11)5-13-9/h4-6,14H,2-3,11H2,1H3,(H,12,13). The van der Waals surface area contributed by atoms with Crippen molar-refractivity contribution in [3.63, 3.8) is 0 Å². The Morgan fingerprint density at radius 2 is 2.43 bits per heavy atom. The van der Waals surface area contributed by atoms with Gasteiger partial charge in [-0.3, -0.25) is 0 Å². The first-order valence-corrected chi connectivity index (χ1v) is 5.22. The third-order valence-electron chi connectivity index (χ3n) is 1.72. The molecule has 1 heterocycles. The van der Waals surface area contributed by atoms with Gasteiger partial charge < -0.3 is 16.2 Å². The molecule has 0 aliphatic carbocycles. The number of rotatable bonds is 4. The molecule has 0 amide bonds. The van der Waals surface area contributed by atoms with Gasteiger partial charge in [0.05, 0.1) is 22.5 Å². The second kappa shape index (κ2) is 5.17. The molecule has 1 aromatic rings. The molecule has 1 unspecified atom stereocenters. The minimum absolute atomic E-state index is 0.296. The number of hydrogen-bond acceptors (Lipinski definition) is 4. The zero-order valence-corrected chi connectivity index (χ0v) is 9.58. The molecule has 1 aromatic heterocycles. The average Bonchev–Trinajstić information content (AvgIpc) is 2.08. The Morgan fingerprint density at radius 3 is 3.00 bits per heavy atom. The van der Waals surface area contributed by atoms with Crippen LogP contribution in [0.1, 0.15) is 13.3 Å². The highest BCUT2D eigenvalue weighted by Crippen LogP contribution is 2.21. The van der Waals surface area contributed by atoms with Crippen LogP contribution in [0.15, 0.2) is 16.7 Å². The van der Waals surface area contributed by atoms with E-state index in [-0.39, 0.29) is 6.10 Å². The van der Waals surface area contributed by atoms with Gasteiger partial charge in [-0.1, -0.05) is 0 Å². The molecule has 0 aliphatic rings. The molecule has 4 nitrogen and oxygen atoms in total. The fraction of sp³-hybridized carbons (Fsp3) is 0.444. The van der Waals surface area contributed by atoms with Crippen LogP contribution in [0.5, 0.6) is 0 Å². The molecule has 0 aromatic carbocycles. The first kappa shape index (κ1) is 11.3. The molecule has 78 valence electrons. The molecule has 0 spiro atoms. The number of halogens is 1. The normalized spacial score (nSPS) is 12.5. The lowest BCUT2D eigenvalue weighted by Gasteiger charge is -2.08. The maximum absolute atomic E-state index is 9.05. The molecule has 1 rings (SSSR count). The zero-order valence-electron chi connectivity index (χ0n) is 8.00. The Bertz CT molecular complexity index is 304. The minimum atomic E-state index is -0.296. The van der Waals surface area contributed by atoms with Gasteiger partial charge in [-0.05, 0) is 35.3 Å². The van der Waals surface area contributed by atoms with Crippen LogP contribution in [-0.4, -0.2) is 22.7 Å². The van der Waals surface area contributed by atoms with Crippen LogP contribution in [0.2, 0.25) is 0 Å². The summed E-state index contributed by atoms with van der Waals surface area (Å²) in [5.41, 5.74) is 6.17. The lowest BCUT2D eigenvalue weighted by atomic mass is 10.3. The second-order valence-corrected chi connectivity index (χ2v) is 4.02. The topological polar surface area (TPSA) is 71.2 Å². The largest absolute Gasteiger partial charge is 0.397 e. The number of aliphatic hydroxyl groups excluding tert-OH is 1. The highest BCUT2D eigenvalue weighted by Gasteiger charge is 2.01. The van der Waals surface area contributed by atoms with Crippen molar-refractivity contribution >= 4 is 27.4 Å².